The van der Waals surface area contributed by atoms with Crippen molar-refractivity contribution in [2.45, 2.75) is 25.4 Å². The summed E-state index contributed by atoms with van der Waals surface area (Å²) in [5, 5.41) is -0.0485. The van der Waals surface area contributed by atoms with Crippen molar-refractivity contribution in [3.8, 4) is 11.5 Å². The summed E-state index contributed by atoms with van der Waals surface area (Å²) in [6.07, 6.45) is 5.96. The van der Waals surface area contributed by atoms with Gasteiger partial charge in [0.1, 0.15) is 11.4 Å². The van der Waals surface area contributed by atoms with Crippen molar-refractivity contribution in [2.75, 3.05) is 4.72 Å². The standard InChI is InChI=1S/C18H20N4O3S/c1-14(2)11-22-12-18(20-13-22)26(23,24)21-16-10-19-9-8-17(16)25-15-6-4-3-5-7-15/h3-10,12-14,21H,11H2,1-2H3. The number of para-hydroxylation sites is 1. The van der Waals surface area contributed by atoms with E-state index in [1.54, 1.807) is 22.8 Å². The molecule has 0 bridgehead atoms. The van der Waals surface area contributed by atoms with Crippen molar-refractivity contribution in [1.29, 1.82) is 0 Å². The summed E-state index contributed by atoms with van der Waals surface area (Å²) in [7, 11) is -3.85. The van der Waals surface area contributed by atoms with E-state index < -0.39 is 10.0 Å². The van der Waals surface area contributed by atoms with Crippen molar-refractivity contribution in [3.05, 3.63) is 61.3 Å². The Balaban J connectivity index is 1.83. The maximum atomic E-state index is 12.6. The zero-order chi connectivity index (χ0) is 18.6. The van der Waals surface area contributed by atoms with Gasteiger partial charge in [-0.05, 0) is 18.1 Å². The number of hydrogen-bond donors (Lipinski definition) is 1. The molecule has 3 aromatic rings. The molecule has 0 amide bonds. The van der Waals surface area contributed by atoms with Gasteiger partial charge in [0.2, 0.25) is 0 Å². The Labute approximate surface area is 152 Å². The van der Waals surface area contributed by atoms with E-state index in [1.807, 2.05) is 18.2 Å². The van der Waals surface area contributed by atoms with E-state index in [0.29, 0.717) is 24.0 Å². The summed E-state index contributed by atoms with van der Waals surface area (Å²) in [6.45, 7) is 4.79. The Morgan fingerprint density at radius 2 is 1.96 bits per heavy atom. The number of anilines is 1. The van der Waals surface area contributed by atoms with Gasteiger partial charge in [0.15, 0.2) is 10.8 Å². The Hall–Kier alpha value is -2.87. The van der Waals surface area contributed by atoms with Gasteiger partial charge in [-0.3, -0.25) is 9.71 Å². The SMILES string of the molecule is CC(C)Cn1cnc(S(=O)(=O)Nc2cnccc2Oc2ccccc2)c1. The van der Waals surface area contributed by atoms with Crippen LogP contribution in [0.2, 0.25) is 0 Å². The number of sulfonamides is 1. The summed E-state index contributed by atoms with van der Waals surface area (Å²) in [5.41, 5.74) is 0.245. The van der Waals surface area contributed by atoms with E-state index in [1.165, 1.54) is 24.9 Å². The van der Waals surface area contributed by atoms with Gasteiger partial charge in [0.05, 0.1) is 12.5 Å². The van der Waals surface area contributed by atoms with Gasteiger partial charge in [-0.15, -0.1) is 0 Å². The second-order valence-corrected chi connectivity index (χ2v) is 7.82. The summed E-state index contributed by atoms with van der Waals surface area (Å²) in [4.78, 5) is 7.98. The molecule has 0 aliphatic rings. The molecule has 2 heterocycles. The normalized spacial score (nSPS) is 11.5. The van der Waals surface area contributed by atoms with Gasteiger partial charge in [0, 0.05) is 25.0 Å². The molecule has 0 atom stereocenters. The summed E-state index contributed by atoms with van der Waals surface area (Å²) >= 11 is 0. The molecular weight excluding hydrogens is 352 g/mol. The van der Waals surface area contributed by atoms with E-state index in [0.717, 1.165) is 0 Å². The van der Waals surface area contributed by atoms with Crippen LogP contribution in [0.25, 0.3) is 0 Å². The van der Waals surface area contributed by atoms with Crippen molar-refractivity contribution >= 4 is 15.7 Å². The highest BCUT2D eigenvalue weighted by Gasteiger charge is 2.20. The number of nitrogens with zero attached hydrogens (tertiary/aromatic N) is 3. The Morgan fingerprint density at radius 1 is 1.19 bits per heavy atom. The van der Waals surface area contributed by atoms with Crippen LogP contribution in [0.4, 0.5) is 5.69 Å². The second kappa shape index (κ2) is 7.57. The van der Waals surface area contributed by atoms with Crippen molar-refractivity contribution < 1.29 is 13.2 Å². The van der Waals surface area contributed by atoms with Crippen LogP contribution in [0.3, 0.4) is 0 Å². The number of nitrogens with one attached hydrogen (secondary N) is 1. The number of aromatic nitrogens is 3. The molecule has 1 N–H and O–H groups in total. The highest BCUT2D eigenvalue weighted by atomic mass is 32.2. The maximum absolute atomic E-state index is 12.6. The van der Waals surface area contributed by atoms with Crippen molar-refractivity contribution in [3.63, 3.8) is 0 Å². The number of hydrogen-bond acceptors (Lipinski definition) is 5. The lowest BCUT2D eigenvalue weighted by atomic mass is 10.2. The van der Waals surface area contributed by atoms with Gasteiger partial charge in [-0.1, -0.05) is 32.0 Å². The van der Waals surface area contributed by atoms with E-state index in [-0.39, 0.29) is 10.7 Å². The molecule has 0 spiro atoms. The number of benzene rings is 1. The van der Waals surface area contributed by atoms with E-state index in [9.17, 15) is 8.42 Å². The zero-order valence-corrected chi connectivity index (χ0v) is 15.3. The number of pyridine rings is 1. The van der Waals surface area contributed by atoms with E-state index in [2.05, 4.69) is 28.5 Å². The molecule has 0 aliphatic heterocycles. The first-order valence-electron chi connectivity index (χ1n) is 8.15. The number of ether oxygens (including phenoxy) is 1. The molecule has 1 aromatic carbocycles. The van der Waals surface area contributed by atoms with Crippen LogP contribution >= 0.6 is 0 Å². The summed E-state index contributed by atoms with van der Waals surface area (Å²) < 4.78 is 35.3. The van der Waals surface area contributed by atoms with Crippen LogP contribution in [0.5, 0.6) is 11.5 Å². The molecule has 0 aliphatic carbocycles. The lowest BCUT2D eigenvalue weighted by Crippen LogP contribution is -2.14. The maximum Gasteiger partial charge on any atom is 0.281 e. The van der Waals surface area contributed by atoms with Gasteiger partial charge in [-0.2, -0.15) is 8.42 Å². The van der Waals surface area contributed by atoms with Gasteiger partial charge < -0.3 is 9.30 Å². The molecule has 0 unspecified atom stereocenters. The molecular formula is C18H20N4O3S. The van der Waals surface area contributed by atoms with E-state index in [4.69, 9.17) is 4.74 Å². The first kappa shape index (κ1) is 17.9. The minimum atomic E-state index is -3.85. The average molecular weight is 372 g/mol. The van der Waals surface area contributed by atoms with Crippen LogP contribution < -0.4 is 9.46 Å². The molecule has 8 heteroatoms. The molecule has 2 aromatic heterocycles. The summed E-state index contributed by atoms with van der Waals surface area (Å²) in [6, 6.07) is 10.7. The average Bonchev–Trinajstić information content (AvgIpc) is 3.06. The topological polar surface area (TPSA) is 86.1 Å². The minimum Gasteiger partial charge on any atom is -0.455 e. The monoisotopic (exact) mass is 372 g/mol. The lowest BCUT2D eigenvalue weighted by Gasteiger charge is -2.12. The summed E-state index contributed by atoms with van der Waals surface area (Å²) in [5.74, 6) is 1.34. The molecule has 136 valence electrons. The van der Waals surface area contributed by atoms with Crippen LogP contribution in [0.15, 0.2) is 66.3 Å². The highest BCUT2D eigenvalue weighted by Crippen LogP contribution is 2.29. The predicted octanol–water partition coefficient (Wildman–Crippen LogP) is 3.53. The van der Waals surface area contributed by atoms with Crippen molar-refractivity contribution in [1.82, 2.24) is 14.5 Å². The van der Waals surface area contributed by atoms with Crippen LogP contribution in [0.1, 0.15) is 13.8 Å². The lowest BCUT2D eigenvalue weighted by molar-refractivity contribution is 0.484. The van der Waals surface area contributed by atoms with Crippen LogP contribution in [-0.2, 0) is 16.6 Å². The predicted molar refractivity (Wildman–Crippen MR) is 98.6 cm³/mol. The molecule has 0 radical (unpaired) electrons. The highest BCUT2D eigenvalue weighted by molar-refractivity contribution is 7.92. The molecule has 0 fully saturated rings. The first-order chi connectivity index (χ1) is 12.4. The van der Waals surface area contributed by atoms with Crippen LogP contribution in [-0.4, -0.2) is 23.0 Å². The third-order valence-corrected chi connectivity index (χ3v) is 4.71. The third kappa shape index (κ3) is 4.40. The third-order valence-electron chi connectivity index (χ3n) is 3.46. The minimum absolute atomic E-state index is 0.0485. The first-order valence-corrected chi connectivity index (χ1v) is 9.64. The second-order valence-electron chi connectivity index (χ2n) is 6.19. The van der Waals surface area contributed by atoms with E-state index >= 15 is 0 Å². The largest absolute Gasteiger partial charge is 0.455 e. The van der Waals surface area contributed by atoms with Gasteiger partial charge >= 0.3 is 0 Å². The molecule has 26 heavy (non-hydrogen) atoms. The fraction of sp³-hybridized carbons (Fsp3) is 0.222. The molecule has 0 saturated carbocycles. The molecule has 0 saturated heterocycles. The number of imidazole rings is 1. The fourth-order valence-corrected chi connectivity index (χ4v) is 3.37. The van der Waals surface area contributed by atoms with Gasteiger partial charge in [-0.25, -0.2) is 4.98 Å². The Bertz CT molecular complexity index is 969. The Kier molecular flexibility index (Phi) is 5.22. The Morgan fingerprint density at radius 3 is 2.69 bits per heavy atom. The fourth-order valence-electron chi connectivity index (χ4n) is 2.36. The van der Waals surface area contributed by atoms with Crippen LogP contribution in [0, 0.1) is 5.92 Å². The van der Waals surface area contributed by atoms with Gasteiger partial charge in [0.25, 0.3) is 10.0 Å². The molecule has 7 nitrogen and oxygen atoms in total. The zero-order valence-electron chi connectivity index (χ0n) is 14.5. The smallest absolute Gasteiger partial charge is 0.281 e. The van der Waals surface area contributed by atoms with Crippen molar-refractivity contribution in [2.24, 2.45) is 5.92 Å². The quantitative estimate of drug-likeness (QED) is 0.686. The molecule has 3 rings (SSSR count). The number of rotatable bonds is 7.